The fraction of sp³-hybridized carbons (Fsp3) is 0.0870. The summed E-state index contributed by atoms with van der Waals surface area (Å²) in [6.07, 6.45) is 0. The number of aromatic nitrogens is 3. The average Bonchev–Trinajstić information content (AvgIpc) is 3.17. The Morgan fingerprint density at radius 2 is 1.74 bits per heavy atom. The van der Waals surface area contributed by atoms with Gasteiger partial charge in [0.25, 0.3) is 0 Å². The Hall–Kier alpha value is -2.80. The van der Waals surface area contributed by atoms with Crippen molar-refractivity contribution < 1.29 is 4.79 Å². The Kier molecular flexibility index (Phi) is 5.44. The lowest BCUT2D eigenvalue weighted by atomic mass is 10.2. The van der Waals surface area contributed by atoms with Gasteiger partial charge in [0.2, 0.25) is 5.91 Å². The lowest BCUT2D eigenvalue weighted by Crippen LogP contribution is -2.24. The van der Waals surface area contributed by atoms with Crippen LogP contribution < -0.4 is 5.32 Å². The summed E-state index contributed by atoms with van der Waals surface area (Å²) < 4.78 is 2.02. The molecule has 0 aliphatic carbocycles. The number of para-hydroxylation sites is 3. The minimum Gasteiger partial charge on any atom is -0.351 e. The molecule has 1 amide bonds. The molecule has 0 aliphatic rings. The summed E-state index contributed by atoms with van der Waals surface area (Å²) in [5.41, 5.74) is 4.36. The molecular formula is C23H16Cl2N4OS. The van der Waals surface area contributed by atoms with Gasteiger partial charge in [-0.3, -0.25) is 9.20 Å². The molecule has 0 atom stereocenters. The normalized spacial score (nSPS) is 11.4. The van der Waals surface area contributed by atoms with E-state index in [0.717, 1.165) is 38.3 Å². The van der Waals surface area contributed by atoms with Gasteiger partial charge in [0.15, 0.2) is 5.16 Å². The summed E-state index contributed by atoms with van der Waals surface area (Å²) in [4.78, 5) is 22.1. The van der Waals surface area contributed by atoms with E-state index in [9.17, 15) is 4.79 Å². The van der Waals surface area contributed by atoms with Crippen molar-refractivity contribution in [2.75, 3.05) is 5.75 Å². The van der Waals surface area contributed by atoms with Crippen molar-refractivity contribution in [3.05, 3.63) is 82.3 Å². The second kappa shape index (κ2) is 8.38. The number of imidazole rings is 1. The smallest absolute Gasteiger partial charge is 0.230 e. The van der Waals surface area contributed by atoms with Gasteiger partial charge in [-0.1, -0.05) is 65.3 Å². The maximum Gasteiger partial charge on any atom is 0.230 e. The molecule has 0 unspecified atom stereocenters. The lowest BCUT2D eigenvalue weighted by molar-refractivity contribution is -0.118. The van der Waals surface area contributed by atoms with Crippen LogP contribution in [0.2, 0.25) is 10.0 Å². The standard InChI is InChI=1S/C23H16Cl2N4OS/c24-15-10-9-14(17(25)11-15)12-26-21(30)13-31-23-28-18-6-2-1-5-16(18)22-27-19-7-3-4-8-20(19)29(22)23/h1-11H,12-13H2,(H,26,30). The van der Waals surface area contributed by atoms with Crippen molar-refractivity contribution in [3.8, 4) is 0 Å². The number of fused-ring (bicyclic) bond motifs is 5. The SMILES string of the molecule is O=C(CSc1nc2ccccc2c2nc3ccccc3n12)NCc1ccc(Cl)cc1Cl. The molecule has 8 heteroatoms. The van der Waals surface area contributed by atoms with E-state index in [0.29, 0.717) is 16.6 Å². The van der Waals surface area contributed by atoms with Crippen molar-refractivity contribution in [3.63, 3.8) is 0 Å². The van der Waals surface area contributed by atoms with Crippen LogP contribution in [0.15, 0.2) is 71.9 Å². The summed E-state index contributed by atoms with van der Waals surface area (Å²) in [6.45, 7) is 0.337. The number of carbonyl (C=O) groups is 1. The fourth-order valence-corrected chi connectivity index (χ4v) is 4.76. The van der Waals surface area contributed by atoms with Crippen LogP contribution in [0.25, 0.3) is 27.6 Å². The third-order valence-electron chi connectivity index (χ3n) is 4.94. The van der Waals surface area contributed by atoms with Crippen molar-refractivity contribution in [1.82, 2.24) is 19.7 Å². The zero-order valence-corrected chi connectivity index (χ0v) is 18.5. The Labute approximate surface area is 192 Å². The van der Waals surface area contributed by atoms with Crippen LogP contribution in [-0.4, -0.2) is 26.0 Å². The summed E-state index contributed by atoms with van der Waals surface area (Å²) in [5, 5.41) is 5.70. The van der Waals surface area contributed by atoms with E-state index in [1.807, 2.05) is 59.0 Å². The van der Waals surface area contributed by atoms with Crippen molar-refractivity contribution >= 4 is 68.5 Å². The van der Waals surface area contributed by atoms with Gasteiger partial charge in [-0.25, -0.2) is 9.97 Å². The van der Waals surface area contributed by atoms with Gasteiger partial charge in [-0.05, 0) is 42.0 Å². The first-order valence-corrected chi connectivity index (χ1v) is 11.3. The van der Waals surface area contributed by atoms with Gasteiger partial charge < -0.3 is 5.32 Å². The summed E-state index contributed by atoms with van der Waals surface area (Å²) in [5.74, 6) is 0.113. The number of benzene rings is 3. The average molecular weight is 467 g/mol. The van der Waals surface area contributed by atoms with Crippen molar-refractivity contribution in [2.45, 2.75) is 11.7 Å². The minimum absolute atomic E-state index is 0.108. The van der Waals surface area contributed by atoms with E-state index in [2.05, 4.69) is 5.32 Å². The number of hydrogen-bond acceptors (Lipinski definition) is 4. The molecule has 31 heavy (non-hydrogen) atoms. The molecular weight excluding hydrogens is 451 g/mol. The number of rotatable bonds is 5. The number of carbonyl (C=O) groups excluding carboxylic acids is 1. The van der Waals surface area contributed by atoms with E-state index in [4.69, 9.17) is 33.2 Å². The monoisotopic (exact) mass is 466 g/mol. The van der Waals surface area contributed by atoms with Crippen LogP contribution in [0.1, 0.15) is 5.56 Å². The molecule has 0 bridgehead atoms. The highest BCUT2D eigenvalue weighted by Gasteiger charge is 2.15. The van der Waals surface area contributed by atoms with E-state index in [1.54, 1.807) is 12.1 Å². The first-order valence-electron chi connectivity index (χ1n) is 9.59. The number of halogens is 2. The van der Waals surface area contributed by atoms with Crippen LogP contribution >= 0.6 is 35.0 Å². The molecule has 0 spiro atoms. The molecule has 0 fully saturated rings. The molecule has 3 aromatic carbocycles. The number of thioether (sulfide) groups is 1. The molecule has 2 heterocycles. The van der Waals surface area contributed by atoms with E-state index in [1.165, 1.54) is 11.8 Å². The van der Waals surface area contributed by atoms with E-state index < -0.39 is 0 Å². The Balaban J connectivity index is 1.42. The van der Waals surface area contributed by atoms with E-state index in [-0.39, 0.29) is 11.7 Å². The first kappa shape index (κ1) is 20.1. The molecule has 5 rings (SSSR count). The third-order valence-corrected chi connectivity index (χ3v) is 6.46. The molecule has 5 nitrogen and oxygen atoms in total. The Bertz CT molecular complexity index is 1450. The van der Waals surface area contributed by atoms with Crippen molar-refractivity contribution in [1.29, 1.82) is 0 Å². The Morgan fingerprint density at radius 1 is 0.968 bits per heavy atom. The predicted octanol–water partition coefficient (Wildman–Crippen LogP) is 5.75. The van der Waals surface area contributed by atoms with Gasteiger partial charge in [0.05, 0.1) is 22.3 Å². The van der Waals surface area contributed by atoms with Gasteiger partial charge in [-0.2, -0.15) is 0 Å². The number of amides is 1. The van der Waals surface area contributed by atoms with Gasteiger partial charge in [-0.15, -0.1) is 0 Å². The molecule has 0 radical (unpaired) electrons. The second-order valence-electron chi connectivity index (χ2n) is 6.97. The topological polar surface area (TPSA) is 59.3 Å². The molecule has 0 saturated heterocycles. The molecule has 2 aromatic heterocycles. The second-order valence-corrected chi connectivity index (χ2v) is 8.76. The summed E-state index contributed by atoms with van der Waals surface area (Å²) in [7, 11) is 0. The van der Waals surface area contributed by atoms with Crippen LogP contribution in [0.4, 0.5) is 0 Å². The molecule has 154 valence electrons. The van der Waals surface area contributed by atoms with Gasteiger partial charge in [0.1, 0.15) is 5.65 Å². The highest BCUT2D eigenvalue weighted by Crippen LogP contribution is 2.29. The van der Waals surface area contributed by atoms with Gasteiger partial charge in [0, 0.05) is 22.0 Å². The summed E-state index contributed by atoms with van der Waals surface area (Å²) in [6, 6.07) is 21.1. The maximum atomic E-state index is 12.5. The van der Waals surface area contributed by atoms with Crippen LogP contribution in [0.5, 0.6) is 0 Å². The largest absolute Gasteiger partial charge is 0.351 e. The number of nitrogens with one attached hydrogen (secondary N) is 1. The highest BCUT2D eigenvalue weighted by atomic mass is 35.5. The predicted molar refractivity (Wildman–Crippen MR) is 127 cm³/mol. The highest BCUT2D eigenvalue weighted by molar-refractivity contribution is 7.99. The quantitative estimate of drug-likeness (QED) is 0.264. The number of nitrogens with zero attached hydrogens (tertiary/aromatic N) is 3. The first-order chi connectivity index (χ1) is 15.1. The molecule has 1 N–H and O–H groups in total. The molecule has 5 aromatic rings. The summed E-state index contributed by atoms with van der Waals surface area (Å²) >= 11 is 13.5. The number of hydrogen-bond donors (Lipinski definition) is 1. The Morgan fingerprint density at radius 3 is 2.58 bits per heavy atom. The lowest BCUT2D eigenvalue weighted by Gasteiger charge is -2.09. The maximum absolute atomic E-state index is 12.5. The third kappa shape index (κ3) is 3.94. The molecule has 0 saturated carbocycles. The van der Waals surface area contributed by atoms with Crippen LogP contribution in [-0.2, 0) is 11.3 Å². The zero-order valence-electron chi connectivity index (χ0n) is 16.2. The van der Waals surface area contributed by atoms with Crippen molar-refractivity contribution in [2.24, 2.45) is 0 Å². The fourth-order valence-electron chi connectivity index (χ4n) is 3.45. The molecule has 0 aliphatic heterocycles. The minimum atomic E-state index is -0.108. The van der Waals surface area contributed by atoms with E-state index >= 15 is 0 Å². The van der Waals surface area contributed by atoms with Gasteiger partial charge >= 0.3 is 0 Å². The zero-order chi connectivity index (χ0) is 21.4. The van der Waals surface area contributed by atoms with Crippen LogP contribution in [0.3, 0.4) is 0 Å². The van der Waals surface area contributed by atoms with Crippen LogP contribution in [0, 0.1) is 0 Å².